The molecule has 0 saturated carbocycles. The average molecular weight is 429 g/mol. The molecule has 1 amide bonds. The van der Waals surface area contributed by atoms with E-state index in [1.807, 2.05) is 11.0 Å². The number of halogens is 1. The third-order valence-electron chi connectivity index (χ3n) is 6.22. The summed E-state index contributed by atoms with van der Waals surface area (Å²) >= 11 is 0. The standard InChI is InChI=1S/C25H24FN5O/c1-17-21(26)8-5-9-22(17)29-24-20(16-27-23-10-13-28-31(23)24)25(32)30-14-11-19(12-15-30)18-6-3-2-4-7-18/h2-10,13,16,19,29H,11-12,14-15H2,1H3. The van der Waals surface area contributed by atoms with E-state index >= 15 is 0 Å². The first-order valence-corrected chi connectivity index (χ1v) is 10.8. The Labute approximate surface area is 185 Å². The number of carbonyl (C=O) groups excluding carboxylic acids is 1. The molecule has 6 nitrogen and oxygen atoms in total. The molecule has 1 aliphatic heterocycles. The summed E-state index contributed by atoms with van der Waals surface area (Å²) in [5.74, 6) is 0.540. The summed E-state index contributed by atoms with van der Waals surface area (Å²) in [5, 5.41) is 7.57. The molecule has 1 fully saturated rings. The summed E-state index contributed by atoms with van der Waals surface area (Å²) < 4.78 is 15.7. The molecule has 1 saturated heterocycles. The van der Waals surface area contributed by atoms with Gasteiger partial charge in [0.05, 0.1) is 6.20 Å². The Bertz CT molecular complexity index is 1260. The molecule has 0 atom stereocenters. The fraction of sp³-hybridized carbons (Fsp3) is 0.240. The largest absolute Gasteiger partial charge is 0.339 e. The van der Waals surface area contributed by atoms with Gasteiger partial charge in [-0.1, -0.05) is 36.4 Å². The summed E-state index contributed by atoms with van der Waals surface area (Å²) in [7, 11) is 0. The normalized spacial score (nSPS) is 14.6. The van der Waals surface area contributed by atoms with E-state index in [2.05, 4.69) is 39.7 Å². The lowest BCUT2D eigenvalue weighted by atomic mass is 9.89. The van der Waals surface area contributed by atoms with Crippen molar-refractivity contribution in [1.82, 2.24) is 19.5 Å². The zero-order chi connectivity index (χ0) is 22.1. The molecular weight excluding hydrogens is 405 g/mol. The van der Waals surface area contributed by atoms with E-state index in [1.54, 1.807) is 42.0 Å². The summed E-state index contributed by atoms with van der Waals surface area (Å²) in [6.45, 7) is 3.05. The number of aromatic nitrogens is 3. The molecule has 0 bridgehead atoms. The van der Waals surface area contributed by atoms with Crippen LogP contribution in [-0.2, 0) is 0 Å². The molecule has 3 heterocycles. The second kappa shape index (κ2) is 8.42. The Hall–Kier alpha value is -3.74. The Morgan fingerprint density at radius 2 is 1.84 bits per heavy atom. The summed E-state index contributed by atoms with van der Waals surface area (Å²) in [4.78, 5) is 19.8. The average Bonchev–Trinajstić information content (AvgIpc) is 3.32. The zero-order valence-electron chi connectivity index (χ0n) is 17.8. The second-order valence-electron chi connectivity index (χ2n) is 8.14. The van der Waals surface area contributed by atoms with Crippen LogP contribution < -0.4 is 5.32 Å². The SMILES string of the molecule is Cc1c(F)cccc1Nc1c(C(=O)N2CCC(c3ccccc3)CC2)cnc2ccnn12. The Balaban J connectivity index is 1.43. The van der Waals surface area contributed by atoms with Gasteiger partial charge in [-0.3, -0.25) is 4.79 Å². The lowest BCUT2D eigenvalue weighted by Gasteiger charge is -2.32. The maximum atomic E-state index is 14.1. The van der Waals surface area contributed by atoms with E-state index < -0.39 is 0 Å². The second-order valence-corrected chi connectivity index (χ2v) is 8.14. The van der Waals surface area contributed by atoms with Gasteiger partial charge in [-0.15, -0.1) is 0 Å². The molecular formula is C25H24FN5O. The van der Waals surface area contributed by atoms with Crippen LogP contribution in [0.4, 0.5) is 15.9 Å². The van der Waals surface area contributed by atoms with E-state index in [0.717, 1.165) is 12.8 Å². The van der Waals surface area contributed by atoms with Crippen molar-refractivity contribution in [3.8, 4) is 0 Å². The molecule has 5 rings (SSSR count). The van der Waals surface area contributed by atoms with Gasteiger partial charge in [0, 0.05) is 36.6 Å². The number of benzene rings is 2. The van der Waals surface area contributed by atoms with E-state index in [1.165, 1.54) is 11.6 Å². The third kappa shape index (κ3) is 3.70. The molecule has 1 aliphatic rings. The minimum atomic E-state index is -0.309. The van der Waals surface area contributed by atoms with Crippen LogP contribution in [0.1, 0.15) is 40.2 Å². The highest BCUT2D eigenvalue weighted by molar-refractivity contribution is 5.99. The van der Waals surface area contributed by atoms with Crippen LogP contribution in [0.2, 0.25) is 0 Å². The molecule has 0 aliphatic carbocycles. The van der Waals surface area contributed by atoms with Crippen LogP contribution in [0.15, 0.2) is 67.0 Å². The van der Waals surface area contributed by atoms with Gasteiger partial charge in [0.15, 0.2) is 5.65 Å². The monoisotopic (exact) mass is 429 g/mol. The fourth-order valence-electron chi connectivity index (χ4n) is 4.33. The predicted molar refractivity (Wildman–Crippen MR) is 122 cm³/mol. The van der Waals surface area contributed by atoms with Crippen molar-refractivity contribution in [3.63, 3.8) is 0 Å². The van der Waals surface area contributed by atoms with Crippen molar-refractivity contribution < 1.29 is 9.18 Å². The van der Waals surface area contributed by atoms with Gasteiger partial charge in [-0.25, -0.2) is 9.37 Å². The molecule has 4 aromatic rings. The Morgan fingerprint density at radius 3 is 2.62 bits per heavy atom. The lowest BCUT2D eigenvalue weighted by molar-refractivity contribution is 0.0713. The lowest BCUT2D eigenvalue weighted by Crippen LogP contribution is -2.38. The highest BCUT2D eigenvalue weighted by Gasteiger charge is 2.27. The van der Waals surface area contributed by atoms with Crippen molar-refractivity contribution in [3.05, 3.63) is 89.5 Å². The first-order chi connectivity index (χ1) is 15.6. The van der Waals surface area contributed by atoms with Crippen LogP contribution in [0.3, 0.4) is 0 Å². The van der Waals surface area contributed by atoms with Crippen molar-refractivity contribution in [2.24, 2.45) is 0 Å². The number of rotatable bonds is 4. The van der Waals surface area contributed by atoms with Crippen LogP contribution in [-0.4, -0.2) is 38.5 Å². The summed E-state index contributed by atoms with van der Waals surface area (Å²) in [5.41, 5.74) is 3.42. The molecule has 2 aromatic carbocycles. The fourth-order valence-corrected chi connectivity index (χ4v) is 4.33. The van der Waals surface area contributed by atoms with Gasteiger partial charge in [-0.05, 0) is 43.4 Å². The number of fused-ring (bicyclic) bond motifs is 1. The summed E-state index contributed by atoms with van der Waals surface area (Å²) in [6, 6.07) is 17.1. The Morgan fingerprint density at radius 1 is 1.06 bits per heavy atom. The van der Waals surface area contributed by atoms with Crippen LogP contribution in [0.5, 0.6) is 0 Å². The van der Waals surface area contributed by atoms with E-state index in [9.17, 15) is 9.18 Å². The van der Waals surface area contributed by atoms with Gasteiger partial charge in [0.2, 0.25) is 0 Å². The van der Waals surface area contributed by atoms with E-state index in [-0.39, 0.29) is 11.7 Å². The molecule has 7 heteroatoms. The van der Waals surface area contributed by atoms with Crippen LogP contribution in [0.25, 0.3) is 5.65 Å². The molecule has 0 radical (unpaired) electrons. The number of likely N-dealkylation sites (tertiary alicyclic amines) is 1. The number of nitrogens with zero attached hydrogens (tertiary/aromatic N) is 4. The maximum absolute atomic E-state index is 14.1. The molecule has 2 aromatic heterocycles. The number of piperidine rings is 1. The van der Waals surface area contributed by atoms with Crippen molar-refractivity contribution in [1.29, 1.82) is 0 Å². The van der Waals surface area contributed by atoms with Crippen molar-refractivity contribution in [2.45, 2.75) is 25.7 Å². The maximum Gasteiger partial charge on any atom is 0.259 e. The first-order valence-electron chi connectivity index (χ1n) is 10.8. The number of amides is 1. The van der Waals surface area contributed by atoms with Crippen LogP contribution >= 0.6 is 0 Å². The predicted octanol–water partition coefficient (Wildman–Crippen LogP) is 4.94. The number of hydrogen-bond acceptors (Lipinski definition) is 4. The number of hydrogen-bond donors (Lipinski definition) is 1. The van der Waals surface area contributed by atoms with Gasteiger partial charge < -0.3 is 10.2 Å². The third-order valence-corrected chi connectivity index (χ3v) is 6.22. The van der Waals surface area contributed by atoms with Crippen molar-refractivity contribution >= 4 is 23.1 Å². The van der Waals surface area contributed by atoms with Gasteiger partial charge >= 0.3 is 0 Å². The minimum Gasteiger partial charge on any atom is -0.339 e. The quantitative estimate of drug-likeness (QED) is 0.499. The van der Waals surface area contributed by atoms with E-state index in [4.69, 9.17) is 0 Å². The number of nitrogens with one attached hydrogen (secondary N) is 1. The molecule has 162 valence electrons. The summed E-state index contributed by atoms with van der Waals surface area (Å²) in [6.07, 6.45) is 5.04. The van der Waals surface area contributed by atoms with Crippen molar-refractivity contribution in [2.75, 3.05) is 18.4 Å². The smallest absolute Gasteiger partial charge is 0.259 e. The van der Waals surface area contributed by atoms with Gasteiger partial charge in [0.25, 0.3) is 5.91 Å². The molecule has 0 unspecified atom stereocenters. The van der Waals surface area contributed by atoms with Crippen LogP contribution in [0, 0.1) is 12.7 Å². The highest BCUT2D eigenvalue weighted by atomic mass is 19.1. The Kier molecular flexibility index (Phi) is 5.31. The molecule has 32 heavy (non-hydrogen) atoms. The zero-order valence-corrected chi connectivity index (χ0v) is 17.8. The molecule has 0 spiro atoms. The first kappa shape index (κ1) is 20.2. The molecule has 1 N–H and O–H groups in total. The topological polar surface area (TPSA) is 62.5 Å². The number of carbonyl (C=O) groups is 1. The highest BCUT2D eigenvalue weighted by Crippen LogP contribution is 2.30. The van der Waals surface area contributed by atoms with Gasteiger partial charge in [-0.2, -0.15) is 9.61 Å². The minimum absolute atomic E-state index is 0.0991. The number of anilines is 2. The van der Waals surface area contributed by atoms with E-state index in [0.29, 0.717) is 47.3 Å². The van der Waals surface area contributed by atoms with Gasteiger partial charge in [0.1, 0.15) is 17.2 Å².